The minimum atomic E-state index is -3.47. The highest BCUT2D eigenvalue weighted by Gasteiger charge is 2.23. The summed E-state index contributed by atoms with van der Waals surface area (Å²) in [7, 11) is -0.475. The first-order valence-electron chi connectivity index (χ1n) is 7.16. The van der Waals surface area contributed by atoms with E-state index in [-0.39, 0.29) is 5.09 Å². The molecule has 1 aliphatic rings. The molecule has 1 heterocycles. The van der Waals surface area contributed by atoms with Gasteiger partial charge in [0.2, 0.25) is 5.09 Å². The lowest BCUT2D eigenvalue weighted by Gasteiger charge is -2.19. The maximum Gasteiger partial charge on any atom is 0.275 e. The van der Waals surface area contributed by atoms with Crippen molar-refractivity contribution in [3.8, 4) is 0 Å². The quantitative estimate of drug-likeness (QED) is 0.875. The highest BCUT2D eigenvalue weighted by molar-refractivity contribution is 7.88. The number of nitrogens with one attached hydrogen (secondary N) is 1. The largest absolute Gasteiger partial charge is 0.447 e. The summed E-state index contributed by atoms with van der Waals surface area (Å²) in [6.45, 7) is 2.76. The van der Waals surface area contributed by atoms with Gasteiger partial charge in [0.25, 0.3) is 10.0 Å². The van der Waals surface area contributed by atoms with E-state index < -0.39 is 10.0 Å². The van der Waals surface area contributed by atoms with Gasteiger partial charge in [0.05, 0.1) is 6.54 Å². The summed E-state index contributed by atoms with van der Waals surface area (Å²) < 4.78 is 30.4. The van der Waals surface area contributed by atoms with Crippen molar-refractivity contribution in [2.45, 2.75) is 50.3 Å². The Morgan fingerprint density at radius 2 is 2.00 bits per heavy atom. The van der Waals surface area contributed by atoms with Crippen LogP contribution in [0.15, 0.2) is 21.6 Å². The van der Waals surface area contributed by atoms with Crippen LogP contribution in [0.4, 0.5) is 0 Å². The lowest BCUT2D eigenvalue weighted by atomic mass is 10.00. The van der Waals surface area contributed by atoms with Crippen molar-refractivity contribution in [2.24, 2.45) is 5.92 Å². The predicted octanol–water partition coefficient (Wildman–Crippen LogP) is 2.20. The molecule has 2 rings (SSSR count). The average molecular weight is 300 g/mol. The van der Waals surface area contributed by atoms with Crippen LogP contribution in [0.2, 0.25) is 0 Å². The molecule has 0 radical (unpaired) electrons. The zero-order valence-electron chi connectivity index (χ0n) is 12.4. The van der Waals surface area contributed by atoms with Crippen LogP contribution in [-0.2, 0) is 16.6 Å². The van der Waals surface area contributed by atoms with E-state index in [1.54, 1.807) is 6.07 Å². The minimum absolute atomic E-state index is 0.00724. The molecule has 1 aromatic heterocycles. The highest BCUT2D eigenvalue weighted by Crippen LogP contribution is 2.27. The molecule has 20 heavy (non-hydrogen) atoms. The lowest BCUT2D eigenvalue weighted by Crippen LogP contribution is -2.31. The number of furan rings is 1. The lowest BCUT2D eigenvalue weighted by molar-refractivity contribution is 0.344. The van der Waals surface area contributed by atoms with Crippen molar-refractivity contribution in [2.75, 3.05) is 14.1 Å². The van der Waals surface area contributed by atoms with Gasteiger partial charge in [-0.1, -0.05) is 12.8 Å². The van der Waals surface area contributed by atoms with Crippen molar-refractivity contribution in [3.05, 3.63) is 17.9 Å². The standard InChI is InChI=1S/C14H24N2O3S/c1-11(12-6-4-5-7-12)15-10-13-8-9-14(19-13)20(17,18)16(2)3/h8-9,11-12,15H,4-7,10H2,1-3H3/t11-/m1/s1. The normalized spacial score (nSPS) is 18.8. The first-order chi connectivity index (χ1) is 9.41. The Bertz CT molecular complexity index is 530. The van der Waals surface area contributed by atoms with E-state index in [2.05, 4.69) is 12.2 Å². The monoisotopic (exact) mass is 300 g/mol. The molecule has 114 valence electrons. The summed E-state index contributed by atoms with van der Waals surface area (Å²) in [6, 6.07) is 3.69. The van der Waals surface area contributed by atoms with Crippen LogP contribution in [-0.4, -0.2) is 32.9 Å². The average Bonchev–Trinajstić information content (AvgIpc) is 3.07. The molecular weight excluding hydrogens is 276 g/mol. The molecule has 0 amide bonds. The number of sulfonamides is 1. The summed E-state index contributed by atoms with van der Waals surface area (Å²) in [5, 5.41) is 3.44. The number of rotatable bonds is 6. The molecule has 1 saturated carbocycles. The fourth-order valence-corrected chi connectivity index (χ4v) is 3.47. The van der Waals surface area contributed by atoms with E-state index in [4.69, 9.17) is 4.42 Å². The summed E-state index contributed by atoms with van der Waals surface area (Å²) in [6.07, 6.45) is 5.21. The van der Waals surface area contributed by atoms with Crippen LogP contribution in [0.1, 0.15) is 38.4 Å². The Morgan fingerprint density at radius 3 is 2.60 bits per heavy atom. The highest BCUT2D eigenvalue weighted by atomic mass is 32.2. The summed E-state index contributed by atoms with van der Waals surface area (Å²) in [5.74, 6) is 1.39. The van der Waals surface area contributed by atoms with Crippen molar-refractivity contribution in [3.63, 3.8) is 0 Å². The molecule has 1 aliphatic carbocycles. The number of nitrogens with zero attached hydrogens (tertiary/aromatic N) is 1. The molecule has 0 aromatic carbocycles. The van der Waals surface area contributed by atoms with E-state index in [1.165, 1.54) is 45.8 Å². The van der Waals surface area contributed by atoms with E-state index >= 15 is 0 Å². The van der Waals surface area contributed by atoms with Gasteiger partial charge in [-0.15, -0.1) is 0 Å². The third-order valence-corrected chi connectivity index (χ3v) is 5.77. The van der Waals surface area contributed by atoms with Gasteiger partial charge in [-0.05, 0) is 37.8 Å². The van der Waals surface area contributed by atoms with Gasteiger partial charge in [0, 0.05) is 20.1 Å². The molecule has 0 spiro atoms. The molecular formula is C14H24N2O3S. The van der Waals surface area contributed by atoms with Crippen molar-refractivity contribution in [1.29, 1.82) is 0 Å². The Balaban J connectivity index is 1.93. The SMILES string of the molecule is C[C@@H](NCc1ccc(S(=O)(=O)N(C)C)o1)C1CCCC1. The Hall–Kier alpha value is -0.850. The van der Waals surface area contributed by atoms with Gasteiger partial charge in [-0.2, -0.15) is 0 Å². The summed E-state index contributed by atoms with van der Waals surface area (Å²) >= 11 is 0. The van der Waals surface area contributed by atoms with Crippen molar-refractivity contribution < 1.29 is 12.8 Å². The molecule has 1 fully saturated rings. The molecule has 0 bridgehead atoms. The number of hydrogen-bond acceptors (Lipinski definition) is 4. The first kappa shape index (κ1) is 15.5. The van der Waals surface area contributed by atoms with Crippen LogP contribution < -0.4 is 5.32 Å². The van der Waals surface area contributed by atoms with E-state index in [0.717, 1.165) is 10.2 Å². The molecule has 1 N–H and O–H groups in total. The van der Waals surface area contributed by atoms with E-state index in [0.29, 0.717) is 18.3 Å². The predicted molar refractivity (Wildman–Crippen MR) is 77.8 cm³/mol. The van der Waals surface area contributed by atoms with Gasteiger partial charge in [0.15, 0.2) is 0 Å². The fourth-order valence-electron chi connectivity index (χ4n) is 2.66. The molecule has 0 aliphatic heterocycles. The van der Waals surface area contributed by atoms with Crippen LogP contribution >= 0.6 is 0 Å². The van der Waals surface area contributed by atoms with Crippen LogP contribution in [0.3, 0.4) is 0 Å². The maximum atomic E-state index is 11.9. The van der Waals surface area contributed by atoms with Gasteiger partial charge in [0.1, 0.15) is 5.76 Å². The Morgan fingerprint density at radius 1 is 1.35 bits per heavy atom. The third kappa shape index (κ3) is 3.42. The molecule has 6 heteroatoms. The van der Waals surface area contributed by atoms with Crippen LogP contribution in [0.5, 0.6) is 0 Å². The summed E-state index contributed by atoms with van der Waals surface area (Å²) in [4.78, 5) is 0. The van der Waals surface area contributed by atoms with Crippen molar-refractivity contribution >= 4 is 10.0 Å². The van der Waals surface area contributed by atoms with Gasteiger partial charge in [-0.3, -0.25) is 0 Å². The van der Waals surface area contributed by atoms with Gasteiger partial charge >= 0.3 is 0 Å². The second kappa shape index (κ2) is 6.28. The fraction of sp³-hybridized carbons (Fsp3) is 0.714. The Labute approximate surface area is 121 Å². The molecule has 1 aromatic rings. The molecule has 1 atom stereocenters. The van der Waals surface area contributed by atoms with E-state index in [1.807, 2.05) is 0 Å². The van der Waals surface area contributed by atoms with Crippen LogP contribution in [0, 0.1) is 5.92 Å². The molecule has 5 nitrogen and oxygen atoms in total. The zero-order chi connectivity index (χ0) is 14.8. The second-order valence-corrected chi connectivity index (χ2v) is 7.81. The topological polar surface area (TPSA) is 62.6 Å². The van der Waals surface area contributed by atoms with Crippen LogP contribution in [0.25, 0.3) is 0 Å². The number of hydrogen-bond donors (Lipinski definition) is 1. The molecule has 0 unspecified atom stereocenters. The second-order valence-electron chi connectivity index (χ2n) is 5.72. The van der Waals surface area contributed by atoms with Gasteiger partial charge in [-0.25, -0.2) is 12.7 Å². The smallest absolute Gasteiger partial charge is 0.275 e. The summed E-state index contributed by atoms with van der Waals surface area (Å²) in [5.41, 5.74) is 0. The van der Waals surface area contributed by atoms with Crippen molar-refractivity contribution in [1.82, 2.24) is 9.62 Å². The van der Waals surface area contributed by atoms with E-state index in [9.17, 15) is 8.42 Å². The Kier molecular flexibility index (Phi) is 4.88. The first-order valence-corrected chi connectivity index (χ1v) is 8.60. The minimum Gasteiger partial charge on any atom is -0.447 e. The third-order valence-electron chi connectivity index (χ3n) is 4.08. The van der Waals surface area contributed by atoms with Gasteiger partial charge < -0.3 is 9.73 Å². The zero-order valence-corrected chi connectivity index (χ0v) is 13.2. The molecule has 0 saturated heterocycles. The maximum absolute atomic E-state index is 11.9.